The van der Waals surface area contributed by atoms with Crippen LogP contribution < -0.4 is 5.32 Å². The summed E-state index contributed by atoms with van der Waals surface area (Å²) in [5.74, 6) is 0.325. The molecule has 0 aliphatic carbocycles. The molecule has 0 aromatic rings. The molecule has 2 amide bonds. The van der Waals surface area contributed by atoms with Crippen molar-refractivity contribution in [1.82, 2.24) is 15.1 Å². The third-order valence-corrected chi connectivity index (χ3v) is 3.61. The molecule has 5 nitrogen and oxygen atoms in total. The number of hydrogen-bond acceptors (Lipinski definition) is 3. The van der Waals surface area contributed by atoms with Crippen LogP contribution in [0.5, 0.6) is 0 Å². The van der Waals surface area contributed by atoms with E-state index in [-0.39, 0.29) is 17.9 Å². The van der Waals surface area contributed by atoms with Crippen molar-refractivity contribution in [3.8, 4) is 0 Å². The molecule has 2 aliphatic rings. The van der Waals surface area contributed by atoms with Gasteiger partial charge in [0.25, 0.3) is 0 Å². The summed E-state index contributed by atoms with van der Waals surface area (Å²) in [5.41, 5.74) is 0. The lowest BCUT2D eigenvalue weighted by Gasteiger charge is -2.24. The molecule has 2 aliphatic heterocycles. The van der Waals surface area contributed by atoms with Gasteiger partial charge in [0.15, 0.2) is 0 Å². The highest BCUT2D eigenvalue weighted by Crippen LogP contribution is 2.11. The van der Waals surface area contributed by atoms with Gasteiger partial charge in [-0.05, 0) is 25.8 Å². The van der Waals surface area contributed by atoms with E-state index in [1.807, 2.05) is 9.80 Å². The molecule has 0 bridgehead atoms. The maximum Gasteiger partial charge on any atom is 0.239 e. The average molecular weight is 239 g/mol. The third kappa shape index (κ3) is 2.97. The smallest absolute Gasteiger partial charge is 0.239 e. The molecular formula is C12H21N3O2. The van der Waals surface area contributed by atoms with E-state index in [1.165, 1.54) is 0 Å². The van der Waals surface area contributed by atoms with E-state index in [9.17, 15) is 9.59 Å². The number of nitrogens with zero attached hydrogens (tertiary/aromatic N) is 2. The Morgan fingerprint density at radius 3 is 2.41 bits per heavy atom. The Hall–Kier alpha value is -1.10. The molecule has 5 heteroatoms. The Balaban J connectivity index is 1.89. The molecule has 0 unspecified atom stereocenters. The Labute approximate surface area is 102 Å². The fourth-order valence-corrected chi connectivity index (χ4v) is 2.57. The fourth-order valence-electron chi connectivity index (χ4n) is 2.57. The SMILES string of the molecule is CC(=O)N1CCCN(C(=O)[C@@H]2CCCN2)CC1. The van der Waals surface area contributed by atoms with Gasteiger partial charge >= 0.3 is 0 Å². The third-order valence-electron chi connectivity index (χ3n) is 3.61. The summed E-state index contributed by atoms with van der Waals surface area (Å²) >= 11 is 0. The minimum atomic E-state index is 0.0129. The molecule has 2 heterocycles. The van der Waals surface area contributed by atoms with Crippen LogP contribution in [0.15, 0.2) is 0 Å². The second kappa shape index (κ2) is 5.49. The highest BCUT2D eigenvalue weighted by Gasteiger charge is 2.28. The quantitative estimate of drug-likeness (QED) is 0.690. The van der Waals surface area contributed by atoms with Crippen LogP contribution in [0.4, 0.5) is 0 Å². The molecule has 17 heavy (non-hydrogen) atoms. The predicted octanol–water partition coefficient (Wildman–Crippen LogP) is -0.181. The highest BCUT2D eigenvalue weighted by atomic mass is 16.2. The predicted molar refractivity (Wildman–Crippen MR) is 64.5 cm³/mol. The lowest BCUT2D eigenvalue weighted by atomic mass is 10.2. The molecule has 2 rings (SSSR count). The maximum absolute atomic E-state index is 12.2. The van der Waals surface area contributed by atoms with E-state index < -0.39 is 0 Å². The summed E-state index contributed by atoms with van der Waals surface area (Å²) in [4.78, 5) is 27.2. The van der Waals surface area contributed by atoms with Gasteiger partial charge in [-0.15, -0.1) is 0 Å². The monoisotopic (exact) mass is 239 g/mol. The van der Waals surface area contributed by atoms with Crippen LogP contribution in [-0.4, -0.2) is 60.4 Å². The maximum atomic E-state index is 12.2. The minimum absolute atomic E-state index is 0.0129. The molecule has 0 radical (unpaired) electrons. The largest absolute Gasteiger partial charge is 0.341 e. The first kappa shape index (κ1) is 12.4. The first-order chi connectivity index (χ1) is 8.18. The molecule has 96 valence electrons. The Kier molecular flexibility index (Phi) is 3.99. The molecule has 2 fully saturated rings. The summed E-state index contributed by atoms with van der Waals surface area (Å²) in [6.07, 6.45) is 2.92. The van der Waals surface area contributed by atoms with Crippen molar-refractivity contribution in [3.05, 3.63) is 0 Å². The minimum Gasteiger partial charge on any atom is -0.341 e. The topological polar surface area (TPSA) is 52.7 Å². The van der Waals surface area contributed by atoms with Crippen molar-refractivity contribution in [2.24, 2.45) is 0 Å². The Morgan fingerprint density at radius 2 is 1.76 bits per heavy atom. The molecule has 0 spiro atoms. The lowest BCUT2D eigenvalue weighted by Crippen LogP contribution is -2.45. The number of nitrogens with one attached hydrogen (secondary N) is 1. The first-order valence-corrected chi connectivity index (χ1v) is 6.46. The van der Waals surface area contributed by atoms with E-state index in [4.69, 9.17) is 0 Å². The van der Waals surface area contributed by atoms with Gasteiger partial charge in [-0.3, -0.25) is 9.59 Å². The second-order valence-corrected chi connectivity index (χ2v) is 4.83. The van der Waals surface area contributed by atoms with Crippen molar-refractivity contribution < 1.29 is 9.59 Å². The van der Waals surface area contributed by atoms with Crippen LogP contribution in [0.3, 0.4) is 0 Å². The number of amides is 2. The van der Waals surface area contributed by atoms with Crippen LogP contribution >= 0.6 is 0 Å². The van der Waals surface area contributed by atoms with Crippen molar-refractivity contribution in [2.45, 2.75) is 32.2 Å². The van der Waals surface area contributed by atoms with E-state index in [1.54, 1.807) is 6.92 Å². The van der Waals surface area contributed by atoms with Crippen LogP contribution in [0.1, 0.15) is 26.2 Å². The Bertz CT molecular complexity index is 300. The van der Waals surface area contributed by atoms with Gasteiger partial charge in [0.05, 0.1) is 6.04 Å². The van der Waals surface area contributed by atoms with Gasteiger partial charge in [-0.25, -0.2) is 0 Å². The van der Waals surface area contributed by atoms with Crippen molar-refractivity contribution in [1.29, 1.82) is 0 Å². The van der Waals surface area contributed by atoms with Crippen LogP contribution in [0, 0.1) is 0 Å². The lowest BCUT2D eigenvalue weighted by molar-refractivity contribution is -0.134. The van der Waals surface area contributed by atoms with Crippen molar-refractivity contribution in [2.75, 3.05) is 32.7 Å². The number of rotatable bonds is 1. The molecular weight excluding hydrogens is 218 g/mol. The van der Waals surface area contributed by atoms with Crippen molar-refractivity contribution in [3.63, 3.8) is 0 Å². The van der Waals surface area contributed by atoms with Gasteiger partial charge in [0.1, 0.15) is 0 Å². The average Bonchev–Trinajstić information content (AvgIpc) is 2.71. The molecule has 0 aromatic heterocycles. The van der Waals surface area contributed by atoms with E-state index >= 15 is 0 Å². The summed E-state index contributed by atoms with van der Waals surface area (Å²) in [5, 5.41) is 3.24. The van der Waals surface area contributed by atoms with Gasteiger partial charge in [-0.2, -0.15) is 0 Å². The number of carbonyl (C=O) groups is 2. The van der Waals surface area contributed by atoms with E-state index in [2.05, 4.69) is 5.32 Å². The van der Waals surface area contributed by atoms with Crippen LogP contribution in [0.25, 0.3) is 0 Å². The van der Waals surface area contributed by atoms with Gasteiger partial charge < -0.3 is 15.1 Å². The first-order valence-electron chi connectivity index (χ1n) is 6.46. The zero-order valence-electron chi connectivity index (χ0n) is 10.4. The summed E-state index contributed by atoms with van der Waals surface area (Å²) in [7, 11) is 0. The van der Waals surface area contributed by atoms with Crippen LogP contribution in [-0.2, 0) is 9.59 Å². The Morgan fingerprint density at radius 1 is 1.06 bits per heavy atom. The summed E-state index contributed by atoms with van der Waals surface area (Å²) in [6.45, 7) is 5.45. The summed E-state index contributed by atoms with van der Waals surface area (Å²) < 4.78 is 0. The number of hydrogen-bond donors (Lipinski definition) is 1. The molecule has 0 saturated carbocycles. The summed E-state index contributed by atoms with van der Waals surface area (Å²) in [6, 6.07) is 0.0129. The highest BCUT2D eigenvalue weighted by molar-refractivity contribution is 5.82. The van der Waals surface area contributed by atoms with Gasteiger partial charge in [0, 0.05) is 33.1 Å². The van der Waals surface area contributed by atoms with Gasteiger partial charge in [0.2, 0.25) is 11.8 Å². The standard InChI is InChI=1S/C12H21N3O2/c1-10(16)14-6-3-7-15(9-8-14)12(17)11-4-2-5-13-11/h11,13H,2-9H2,1H3/t11-/m0/s1. The number of carbonyl (C=O) groups excluding carboxylic acids is 2. The zero-order valence-corrected chi connectivity index (χ0v) is 10.4. The zero-order chi connectivity index (χ0) is 12.3. The molecule has 2 saturated heterocycles. The second-order valence-electron chi connectivity index (χ2n) is 4.83. The molecule has 1 atom stereocenters. The van der Waals surface area contributed by atoms with Gasteiger partial charge in [-0.1, -0.05) is 0 Å². The van der Waals surface area contributed by atoms with Crippen LogP contribution in [0.2, 0.25) is 0 Å². The fraction of sp³-hybridized carbons (Fsp3) is 0.833. The van der Waals surface area contributed by atoms with E-state index in [0.29, 0.717) is 13.1 Å². The van der Waals surface area contributed by atoms with E-state index in [0.717, 1.165) is 38.9 Å². The van der Waals surface area contributed by atoms with Crippen molar-refractivity contribution >= 4 is 11.8 Å². The molecule has 0 aromatic carbocycles. The molecule has 1 N–H and O–H groups in total. The normalized spacial score (nSPS) is 25.8.